The van der Waals surface area contributed by atoms with Crippen molar-refractivity contribution in [1.29, 1.82) is 0 Å². The van der Waals surface area contributed by atoms with Gasteiger partial charge in [-0.15, -0.1) is 0 Å². The lowest BCUT2D eigenvalue weighted by molar-refractivity contribution is -0.387. The van der Waals surface area contributed by atoms with Crippen LogP contribution in [-0.2, 0) is 85.3 Å². The Labute approximate surface area is 608 Å². The molecular formula is C68H106O38. The van der Waals surface area contributed by atoms with Crippen LogP contribution in [0.25, 0.3) is 0 Å². The van der Waals surface area contributed by atoms with Crippen LogP contribution in [-0.4, -0.2) is 387 Å². The van der Waals surface area contributed by atoms with Crippen molar-refractivity contribution in [2.45, 2.75) is 299 Å². The molecule has 3 saturated carbocycles. The molecule has 9 saturated heterocycles. The van der Waals surface area contributed by atoms with E-state index in [2.05, 4.69) is 19.6 Å². The van der Waals surface area contributed by atoms with Crippen LogP contribution in [0.15, 0.2) is 23.8 Å². The monoisotopic (exact) mass is 1530 g/mol. The normalized spacial score (nSPS) is 55.4. The lowest BCUT2D eigenvalue weighted by Gasteiger charge is -2.61. The molecule has 0 radical (unpaired) electrons. The maximum atomic E-state index is 13.0. The van der Waals surface area contributed by atoms with E-state index in [1.165, 1.54) is 13.8 Å². The molecule has 13 aliphatic rings. The Hall–Kier alpha value is -2.49. The Morgan fingerprint density at radius 1 is 0.594 bits per heavy atom. The van der Waals surface area contributed by atoms with E-state index in [0.29, 0.717) is 25.7 Å². The van der Waals surface area contributed by atoms with E-state index < -0.39 is 301 Å². The molecule has 38 nitrogen and oxygen atoms in total. The molecule has 9 aliphatic heterocycles. The predicted molar refractivity (Wildman–Crippen MR) is 340 cm³/mol. The molecule has 13 rings (SSSR count). The summed E-state index contributed by atoms with van der Waals surface area (Å²) in [5.41, 5.74) is -2.99. The second-order valence-corrected chi connectivity index (χ2v) is 31.6. The van der Waals surface area contributed by atoms with Gasteiger partial charge in [0.15, 0.2) is 50.1 Å². The van der Waals surface area contributed by atoms with E-state index in [-0.39, 0.29) is 42.8 Å². The molecule has 0 aromatic heterocycles. The van der Waals surface area contributed by atoms with Crippen molar-refractivity contribution in [2.75, 3.05) is 52.9 Å². The number of aliphatic hydroxyl groups is 20. The minimum atomic E-state index is -2.20. The molecular weight excluding hydrogens is 1420 g/mol. The Morgan fingerprint density at radius 2 is 1.24 bits per heavy atom. The van der Waals surface area contributed by atoms with Gasteiger partial charge in [0.25, 0.3) is 0 Å². The van der Waals surface area contributed by atoms with E-state index >= 15 is 0 Å². The SMILES string of the molecule is C=C1COC2(O[C@H]3CC4C5CC=C6C[C@@H](O)C[C@@H](O[C@@H]7OC[C@H](O)[C@H](O[C@@H]8OC[C@@H](O)[C@H](O)[C@H]8O)[C@H]7O[C@@H]7O[C@@H](C)[C@H](OC(C)=O)[C@@H](O[C@@H]8OC[C@](O)(CO)[C@H]8O)[C@H]7O)[C@]6(C)C5CC[C@]4(C)[C@H]3[C@@H]2CO[C@@H]2O[C@H](CO)[C@H](O)[C@H](O)[C@H]2O[C@@H]2[C@@H](O)[C@H](O)[C@@H](CO)O[C@H]2O)[C@@H](O)[C@H]1O[C@@H]1O[C@H](C)[C@H](O)[C@H](O)[C@H]1O. The number of allylic oxidation sites excluding steroid dienone is 1. The number of aliphatic hydroxyl groups excluding tert-OH is 19. The van der Waals surface area contributed by atoms with Crippen LogP contribution >= 0.6 is 0 Å². The first kappa shape index (κ1) is 81.5. The van der Waals surface area contributed by atoms with Crippen LogP contribution in [0.3, 0.4) is 0 Å². The molecule has 9 heterocycles. The minimum absolute atomic E-state index is 0.0225. The molecule has 38 heteroatoms. The summed E-state index contributed by atoms with van der Waals surface area (Å²) in [5, 5.41) is 223. The molecule has 4 unspecified atom stereocenters. The molecule has 0 aromatic carbocycles. The zero-order chi connectivity index (χ0) is 76.5. The second kappa shape index (κ2) is 31.7. The molecule has 0 amide bonds. The summed E-state index contributed by atoms with van der Waals surface area (Å²) in [7, 11) is 0. The van der Waals surface area contributed by atoms with Gasteiger partial charge in [-0.05, 0) is 74.7 Å². The zero-order valence-corrected chi connectivity index (χ0v) is 59.1. The third-order valence-corrected chi connectivity index (χ3v) is 25.3. The highest BCUT2D eigenvalue weighted by Crippen LogP contribution is 2.71. The summed E-state index contributed by atoms with van der Waals surface area (Å²) in [6.45, 7) is 7.00. The van der Waals surface area contributed by atoms with Crippen LogP contribution < -0.4 is 0 Å². The molecule has 0 aromatic rings. The van der Waals surface area contributed by atoms with Crippen LogP contribution in [0.2, 0.25) is 0 Å². The lowest BCUT2D eigenvalue weighted by atomic mass is 9.46. The lowest BCUT2D eigenvalue weighted by Crippen LogP contribution is -2.66. The van der Waals surface area contributed by atoms with Crippen molar-refractivity contribution < 1.29 is 187 Å². The second-order valence-electron chi connectivity index (χ2n) is 31.6. The fourth-order valence-electron chi connectivity index (χ4n) is 19.4. The van der Waals surface area contributed by atoms with Gasteiger partial charge >= 0.3 is 5.97 Å². The van der Waals surface area contributed by atoms with Gasteiger partial charge in [0.1, 0.15) is 140 Å². The third kappa shape index (κ3) is 14.3. The third-order valence-electron chi connectivity index (χ3n) is 25.3. The van der Waals surface area contributed by atoms with Crippen LogP contribution in [0.5, 0.6) is 0 Å². The van der Waals surface area contributed by atoms with E-state index in [1.54, 1.807) is 0 Å². The fraction of sp³-hybridized carbons (Fsp3) is 0.926. The first-order valence-electron chi connectivity index (χ1n) is 36.5. The van der Waals surface area contributed by atoms with Gasteiger partial charge in [0.2, 0.25) is 5.79 Å². The van der Waals surface area contributed by atoms with E-state index in [1.807, 2.05) is 6.92 Å². The van der Waals surface area contributed by atoms with Gasteiger partial charge in [-0.1, -0.05) is 32.1 Å². The van der Waals surface area contributed by atoms with Gasteiger partial charge < -0.3 is 183 Å². The summed E-state index contributed by atoms with van der Waals surface area (Å²) in [5.74, 6) is -5.48. The molecule has 44 atom stereocenters. The first-order valence-corrected chi connectivity index (χ1v) is 36.5. The number of carbonyl (C=O) groups excluding carboxylic acids is 1. The average molecular weight is 1530 g/mol. The number of carbonyl (C=O) groups is 1. The van der Waals surface area contributed by atoms with E-state index in [4.69, 9.17) is 80.5 Å². The summed E-state index contributed by atoms with van der Waals surface area (Å²) < 4.78 is 106. The molecule has 0 bridgehead atoms. The summed E-state index contributed by atoms with van der Waals surface area (Å²) in [6.07, 6.45) is -53.8. The maximum Gasteiger partial charge on any atom is 0.303 e. The van der Waals surface area contributed by atoms with Gasteiger partial charge in [0, 0.05) is 30.6 Å². The van der Waals surface area contributed by atoms with Crippen LogP contribution in [0.1, 0.15) is 73.1 Å². The molecule has 12 fully saturated rings. The molecule has 4 aliphatic carbocycles. The topological polar surface area (TPSA) is 579 Å². The van der Waals surface area contributed by atoms with E-state index in [0.717, 1.165) is 12.5 Å². The standard InChI is InChI=1S/C68H106O38/c1-22-16-94-68(56(86)49(22)102-60-47(84)43(80)39(76)23(2)95-60)31(17-90-62-54(45(82)42(79)36(15-70)99-62)101-53-44(81)41(78)35(14-69)98-58(53)88)38-34(106-68)13-30-28-8-7-26-11-27(73)12-37(66(26,6)29(28)9-10-65(30,38)5)100-63-55(51(33(75)19-92-63)103-59-46(83)40(77)32(74)18-91-59)105-61-48(85)52(50(24(3)96-61)97-25(4)72)104-64-57(87)67(89,20-71)21-93-64/h7,23-24,27-64,69-71,73-89H,1,8-21H2,2-6H3/t23-,24+,27-,28?,29?,30?,31+,32-,33+,34+,35-,36-,37-,38+,39+,40+,41-,42+,43+,44+,45+,46-,47-,48-,49+,50+,51+,52+,53-,54-,55-,56+,57+,58-,59+,60+,61+,62-,63+,64+,65+,66+,67-,68?/m1/s1. The minimum Gasteiger partial charge on any atom is -0.457 e. The predicted octanol–water partition coefficient (Wildman–Crippen LogP) is -9.17. The largest absolute Gasteiger partial charge is 0.457 e. The molecule has 1 spiro atoms. The molecule has 606 valence electrons. The number of esters is 1. The van der Waals surface area contributed by atoms with E-state index in [9.17, 15) is 107 Å². The summed E-state index contributed by atoms with van der Waals surface area (Å²) in [6, 6.07) is 0. The zero-order valence-electron chi connectivity index (χ0n) is 59.1. The highest BCUT2D eigenvalue weighted by Gasteiger charge is 2.74. The first-order chi connectivity index (χ1) is 50.1. The van der Waals surface area contributed by atoms with Gasteiger partial charge in [-0.3, -0.25) is 4.79 Å². The summed E-state index contributed by atoms with van der Waals surface area (Å²) >= 11 is 0. The Morgan fingerprint density at radius 3 is 1.92 bits per heavy atom. The molecule has 106 heavy (non-hydrogen) atoms. The van der Waals surface area contributed by atoms with Crippen molar-refractivity contribution in [2.24, 2.45) is 40.4 Å². The highest BCUT2D eigenvalue weighted by atomic mass is 16.8. The Bertz CT molecular complexity index is 3050. The fourth-order valence-corrected chi connectivity index (χ4v) is 19.4. The van der Waals surface area contributed by atoms with Gasteiger partial charge in [-0.25, -0.2) is 0 Å². The Balaban J connectivity index is 0.812. The highest BCUT2D eigenvalue weighted by molar-refractivity contribution is 5.66. The van der Waals surface area contributed by atoms with Crippen LogP contribution in [0, 0.1) is 40.4 Å². The maximum absolute atomic E-state index is 13.0. The Kier molecular flexibility index (Phi) is 24.4. The number of fused-ring (bicyclic) bond motifs is 7. The van der Waals surface area contributed by atoms with Gasteiger partial charge in [-0.2, -0.15) is 0 Å². The summed E-state index contributed by atoms with van der Waals surface area (Å²) in [4.78, 5) is 12.6. The smallest absolute Gasteiger partial charge is 0.303 e. The van der Waals surface area contributed by atoms with Crippen molar-refractivity contribution in [3.05, 3.63) is 23.8 Å². The average Bonchev–Trinajstić information content (AvgIpc) is 1.49. The van der Waals surface area contributed by atoms with Crippen molar-refractivity contribution in [3.63, 3.8) is 0 Å². The van der Waals surface area contributed by atoms with Crippen molar-refractivity contribution >= 4 is 5.97 Å². The van der Waals surface area contributed by atoms with Crippen LogP contribution in [0.4, 0.5) is 0 Å². The quantitative estimate of drug-likeness (QED) is 0.0422. The van der Waals surface area contributed by atoms with Crippen molar-refractivity contribution in [1.82, 2.24) is 0 Å². The van der Waals surface area contributed by atoms with Gasteiger partial charge in [0.05, 0.1) is 83.4 Å². The number of ether oxygens (including phenoxy) is 17. The number of hydrogen-bond donors (Lipinski definition) is 20. The number of rotatable bonds is 19. The number of hydrogen-bond acceptors (Lipinski definition) is 38. The molecule has 20 N–H and O–H groups in total. The van der Waals surface area contributed by atoms with Crippen molar-refractivity contribution in [3.8, 4) is 0 Å².